The molecule has 0 aromatic carbocycles. The number of aliphatic imine (C=N–C) groups is 1. The van der Waals surface area contributed by atoms with Crippen LogP contribution in [0.25, 0.3) is 0 Å². The first-order chi connectivity index (χ1) is 15.1. The first-order valence-electron chi connectivity index (χ1n) is 11.9. The molecule has 9 heteroatoms. The molecule has 7 nitrogen and oxygen atoms in total. The molecule has 0 spiro atoms. The maximum absolute atomic E-state index is 14.1. The molecule has 1 aromatic rings. The highest BCUT2D eigenvalue weighted by Gasteiger charge is 2.39. The largest absolute Gasteiger partial charge is 0.355 e. The molecule has 1 atom stereocenters. The zero-order valence-corrected chi connectivity index (χ0v) is 21.9. The monoisotopic (exact) mass is 559 g/mol. The number of rotatable bonds is 5. The van der Waals surface area contributed by atoms with Gasteiger partial charge < -0.3 is 20.4 Å². The molecule has 4 heterocycles. The minimum atomic E-state index is -0.253. The molecule has 3 fully saturated rings. The van der Waals surface area contributed by atoms with Gasteiger partial charge in [-0.25, -0.2) is 9.37 Å². The fourth-order valence-corrected chi connectivity index (χ4v) is 5.32. The van der Waals surface area contributed by atoms with Gasteiger partial charge in [0.15, 0.2) is 17.6 Å². The molecule has 0 saturated carbocycles. The van der Waals surface area contributed by atoms with E-state index in [4.69, 9.17) is 0 Å². The zero-order valence-electron chi connectivity index (χ0n) is 19.5. The summed E-state index contributed by atoms with van der Waals surface area (Å²) >= 11 is 0. The molecule has 0 aliphatic carbocycles. The van der Waals surface area contributed by atoms with Crippen molar-refractivity contribution in [3.05, 3.63) is 24.1 Å². The molecule has 32 heavy (non-hydrogen) atoms. The number of hydrogen-bond acceptors (Lipinski definition) is 5. The summed E-state index contributed by atoms with van der Waals surface area (Å²) in [6, 6.07) is 3.35. The topological polar surface area (TPSA) is 59.0 Å². The number of aromatic nitrogens is 1. The Labute approximate surface area is 209 Å². The molecule has 0 radical (unpaired) electrons. The second kappa shape index (κ2) is 11.8. The minimum Gasteiger partial charge on any atom is -0.355 e. The second-order valence-corrected chi connectivity index (χ2v) is 9.39. The number of nitrogens with zero attached hydrogens (tertiary/aromatic N) is 5. The van der Waals surface area contributed by atoms with E-state index in [0.29, 0.717) is 5.82 Å². The van der Waals surface area contributed by atoms with E-state index in [1.807, 2.05) is 11.9 Å². The molecule has 0 bridgehead atoms. The highest BCUT2D eigenvalue weighted by atomic mass is 127. The summed E-state index contributed by atoms with van der Waals surface area (Å²) < 4.78 is 14.1. The third kappa shape index (κ3) is 6.02. The van der Waals surface area contributed by atoms with E-state index in [0.717, 1.165) is 45.1 Å². The fourth-order valence-electron chi connectivity index (χ4n) is 5.32. The molecule has 1 unspecified atom stereocenters. The van der Waals surface area contributed by atoms with Crippen LogP contribution in [0.15, 0.2) is 23.3 Å². The van der Waals surface area contributed by atoms with Crippen molar-refractivity contribution in [2.24, 2.45) is 4.99 Å². The van der Waals surface area contributed by atoms with Crippen LogP contribution in [-0.4, -0.2) is 92.2 Å². The van der Waals surface area contributed by atoms with E-state index in [1.165, 1.54) is 51.3 Å². The van der Waals surface area contributed by atoms with Crippen molar-refractivity contribution >= 4 is 35.8 Å². The summed E-state index contributed by atoms with van der Waals surface area (Å²) in [4.78, 5) is 15.9. The Morgan fingerprint density at radius 3 is 2.62 bits per heavy atom. The first kappa shape index (κ1) is 25.4. The van der Waals surface area contributed by atoms with Gasteiger partial charge in [0.1, 0.15) is 0 Å². The van der Waals surface area contributed by atoms with Crippen molar-refractivity contribution in [3.63, 3.8) is 0 Å². The Hall–Kier alpha value is -1.20. The quantitative estimate of drug-likeness (QED) is 0.329. The summed E-state index contributed by atoms with van der Waals surface area (Å²) in [7, 11) is 4.06. The minimum absolute atomic E-state index is 0. The number of likely N-dealkylation sites (tertiary alicyclic amines) is 2. The standard InChI is InChI=1S/C23H38FN7.HI/c1-25-22(28-19-8-14-30(17-19)21-20(24)7-6-11-26-21)27-18-23(9-15-29(2)16-10-23)31-12-4-3-5-13-31;/h6-7,11,19H,3-5,8-10,12-18H2,1-2H3,(H2,25,27,28);1H. The van der Waals surface area contributed by atoms with E-state index in [1.54, 1.807) is 12.3 Å². The van der Waals surface area contributed by atoms with E-state index in [9.17, 15) is 4.39 Å². The van der Waals surface area contributed by atoms with Gasteiger partial charge in [0.05, 0.1) is 0 Å². The number of anilines is 1. The number of pyridine rings is 1. The van der Waals surface area contributed by atoms with Crippen LogP contribution in [0.5, 0.6) is 0 Å². The predicted molar refractivity (Wildman–Crippen MR) is 140 cm³/mol. The third-order valence-electron chi connectivity index (χ3n) is 7.32. The summed E-state index contributed by atoms with van der Waals surface area (Å²) in [6.07, 6.45) is 8.98. The first-order valence-corrected chi connectivity index (χ1v) is 11.9. The summed E-state index contributed by atoms with van der Waals surface area (Å²) in [6.45, 7) is 7.18. The van der Waals surface area contributed by atoms with Gasteiger partial charge in [-0.05, 0) is 77.5 Å². The van der Waals surface area contributed by atoms with E-state index in [-0.39, 0.29) is 41.4 Å². The average Bonchev–Trinajstić information content (AvgIpc) is 3.27. The van der Waals surface area contributed by atoms with Crippen LogP contribution >= 0.6 is 24.0 Å². The predicted octanol–water partition coefficient (Wildman–Crippen LogP) is 2.53. The second-order valence-electron chi connectivity index (χ2n) is 9.39. The summed E-state index contributed by atoms with van der Waals surface area (Å²) in [5.41, 5.74) is 0.212. The van der Waals surface area contributed by atoms with Gasteiger partial charge in [-0.15, -0.1) is 24.0 Å². The molecule has 2 N–H and O–H groups in total. The number of piperidine rings is 2. The van der Waals surface area contributed by atoms with Gasteiger partial charge in [-0.3, -0.25) is 9.89 Å². The van der Waals surface area contributed by atoms with Crippen molar-refractivity contribution in [1.82, 2.24) is 25.4 Å². The van der Waals surface area contributed by atoms with Gasteiger partial charge >= 0.3 is 0 Å². The van der Waals surface area contributed by atoms with Crippen LogP contribution in [0.4, 0.5) is 10.2 Å². The highest BCUT2D eigenvalue weighted by Crippen LogP contribution is 2.31. The Kier molecular flexibility index (Phi) is 9.36. The van der Waals surface area contributed by atoms with Gasteiger partial charge in [-0.2, -0.15) is 0 Å². The van der Waals surface area contributed by atoms with Gasteiger partial charge in [-0.1, -0.05) is 6.42 Å². The Morgan fingerprint density at radius 1 is 1.19 bits per heavy atom. The Balaban J connectivity index is 0.00000289. The van der Waals surface area contributed by atoms with Crippen LogP contribution in [-0.2, 0) is 0 Å². The van der Waals surface area contributed by atoms with Gasteiger partial charge in [0, 0.05) is 44.5 Å². The fraction of sp³-hybridized carbons (Fsp3) is 0.739. The highest BCUT2D eigenvalue weighted by molar-refractivity contribution is 14.0. The van der Waals surface area contributed by atoms with E-state index >= 15 is 0 Å². The van der Waals surface area contributed by atoms with Crippen molar-refractivity contribution in [1.29, 1.82) is 0 Å². The van der Waals surface area contributed by atoms with Crippen molar-refractivity contribution in [2.75, 3.05) is 64.8 Å². The molecule has 1 aromatic heterocycles. The van der Waals surface area contributed by atoms with Crippen LogP contribution < -0.4 is 15.5 Å². The summed E-state index contributed by atoms with van der Waals surface area (Å²) in [5.74, 6) is 1.05. The molecule has 3 saturated heterocycles. The maximum atomic E-state index is 14.1. The molecule has 0 amide bonds. The molecule has 3 aliphatic heterocycles. The lowest BCUT2D eigenvalue weighted by Crippen LogP contribution is -2.62. The van der Waals surface area contributed by atoms with E-state index in [2.05, 4.69) is 37.5 Å². The van der Waals surface area contributed by atoms with Crippen molar-refractivity contribution < 1.29 is 4.39 Å². The lowest BCUT2D eigenvalue weighted by atomic mass is 9.84. The molecule has 4 rings (SSSR count). The number of halogens is 2. The van der Waals surface area contributed by atoms with Crippen molar-refractivity contribution in [3.8, 4) is 0 Å². The van der Waals surface area contributed by atoms with Crippen LogP contribution in [0, 0.1) is 5.82 Å². The number of hydrogen-bond donors (Lipinski definition) is 2. The molecular weight excluding hydrogens is 520 g/mol. The van der Waals surface area contributed by atoms with Crippen molar-refractivity contribution in [2.45, 2.75) is 50.1 Å². The Bertz CT molecular complexity index is 748. The number of guanidine groups is 1. The zero-order chi connectivity index (χ0) is 21.7. The van der Waals surface area contributed by atoms with Crippen LogP contribution in [0.2, 0.25) is 0 Å². The Morgan fingerprint density at radius 2 is 1.94 bits per heavy atom. The molecule has 180 valence electrons. The number of nitrogens with one attached hydrogen (secondary N) is 2. The average molecular weight is 560 g/mol. The lowest BCUT2D eigenvalue weighted by molar-refractivity contribution is 0.0173. The third-order valence-corrected chi connectivity index (χ3v) is 7.32. The maximum Gasteiger partial charge on any atom is 0.191 e. The smallest absolute Gasteiger partial charge is 0.191 e. The SMILES string of the molecule is CN=C(NCC1(N2CCCCC2)CCN(C)CC1)NC1CCN(c2ncccc2F)C1.I. The molecule has 3 aliphatic rings. The lowest BCUT2D eigenvalue weighted by Gasteiger charge is -2.50. The van der Waals surface area contributed by atoms with Crippen LogP contribution in [0.3, 0.4) is 0 Å². The van der Waals surface area contributed by atoms with Gasteiger partial charge in [0.25, 0.3) is 0 Å². The van der Waals surface area contributed by atoms with Crippen LogP contribution in [0.1, 0.15) is 38.5 Å². The van der Waals surface area contributed by atoms with E-state index < -0.39 is 0 Å². The molecular formula is C23H39FIN7. The summed E-state index contributed by atoms with van der Waals surface area (Å²) in [5, 5.41) is 7.23. The normalized spacial score (nSPS) is 24.8. The van der Waals surface area contributed by atoms with Gasteiger partial charge in [0.2, 0.25) is 0 Å².